The van der Waals surface area contributed by atoms with E-state index in [1.165, 1.54) is 24.0 Å². The highest BCUT2D eigenvalue weighted by Crippen LogP contribution is 2.29. The van der Waals surface area contributed by atoms with Crippen LogP contribution >= 0.6 is 11.6 Å². The van der Waals surface area contributed by atoms with Crippen LogP contribution in [0.4, 0.5) is 5.69 Å². The molecule has 5 nitrogen and oxygen atoms in total. The van der Waals surface area contributed by atoms with Gasteiger partial charge < -0.3 is 10.2 Å². The molecule has 2 aliphatic heterocycles. The fraction of sp³-hybridized carbons (Fsp3) is 0.417. The summed E-state index contributed by atoms with van der Waals surface area (Å²) < 4.78 is 0. The van der Waals surface area contributed by atoms with Gasteiger partial charge in [-0.05, 0) is 63.0 Å². The summed E-state index contributed by atoms with van der Waals surface area (Å²) in [4.78, 5) is 29.5. The maximum absolute atomic E-state index is 13.1. The van der Waals surface area contributed by atoms with Crippen LogP contribution in [0.25, 0.3) is 0 Å². The molecule has 2 amide bonds. The van der Waals surface area contributed by atoms with E-state index in [9.17, 15) is 9.59 Å². The molecule has 2 aliphatic rings. The smallest absolute Gasteiger partial charge is 0.253 e. The van der Waals surface area contributed by atoms with Crippen molar-refractivity contribution in [3.05, 3.63) is 64.2 Å². The van der Waals surface area contributed by atoms with Crippen LogP contribution in [-0.4, -0.2) is 42.9 Å². The van der Waals surface area contributed by atoms with Gasteiger partial charge in [0.15, 0.2) is 0 Å². The van der Waals surface area contributed by atoms with Crippen molar-refractivity contribution in [1.29, 1.82) is 0 Å². The molecule has 2 aromatic rings. The molecule has 2 heterocycles. The first-order valence-electron chi connectivity index (χ1n) is 10.7. The van der Waals surface area contributed by atoms with E-state index in [1.807, 2.05) is 0 Å². The SMILES string of the molecule is Cc1ccc(C(CNC(=O)c2ccc(Cl)cc2N2CCCC2=O)N2CCCC2)cc1. The number of likely N-dealkylation sites (tertiary alicyclic amines) is 1. The Bertz CT molecular complexity index is 923. The lowest BCUT2D eigenvalue weighted by atomic mass is 10.0. The number of benzene rings is 2. The normalized spacial score (nSPS) is 18.1. The summed E-state index contributed by atoms with van der Waals surface area (Å²) >= 11 is 6.18. The van der Waals surface area contributed by atoms with E-state index in [4.69, 9.17) is 11.6 Å². The summed E-state index contributed by atoms with van der Waals surface area (Å²) in [5.41, 5.74) is 3.55. The first kappa shape index (κ1) is 20.9. The fourth-order valence-corrected chi connectivity index (χ4v) is 4.57. The monoisotopic (exact) mass is 425 g/mol. The van der Waals surface area contributed by atoms with Crippen LogP contribution in [-0.2, 0) is 4.79 Å². The lowest BCUT2D eigenvalue weighted by Crippen LogP contribution is -2.37. The number of nitrogens with one attached hydrogen (secondary N) is 1. The first-order chi connectivity index (χ1) is 14.5. The molecule has 1 unspecified atom stereocenters. The van der Waals surface area contributed by atoms with E-state index in [0.29, 0.717) is 35.8 Å². The van der Waals surface area contributed by atoms with Gasteiger partial charge in [0.25, 0.3) is 5.91 Å². The van der Waals surface area contributed by atoms with Crippen molar-refractivity contribution in [3.8, 4) is 0 Å². The van der Waals surface area contributed by atoms with Crippen molar-refractivity contribution in [2.24, 2.45) is 0 Å². The van der Waals surface area contributed by atoms with Crippen molar-refractivity contribution in [2.75, 3.05) is 31.1 Å². The second kappa shape index (κ2) is 9.19. The Labute approximate surface area is 183 Å². The third-order valence-electron chi connectivity index (χ3n) is 6.07. The number of amides is 2. The number of anilines is 1. The molecule has 4 rings (SSSR count). The second-order valence-electron chi connectivity index (χ2n) is 8.19. The summed E-state index contributed by atoms with van der Waals surface area (Å²) in [5, 5.41) is 3.65. The molecule has 2 fully saturated rings. The molecule has 0 spiro atoms. The molecule has 1 atom stereocenters. The first-order valence-corrected chi connectivity index (χ1v) is 11.1. The fourth-order valence-electron chi connectivity index (χ4n) is 4.41. The van der Waals surface area contributed by atoms with Gasteiger partial charge in [-0.3, -0.25) is 14.5 Å². The molecule has 0 saturated carbocycles. The summed E-state index contributed by atoms with van der Waals surface area (Å²) in [5.74, 6) is -0.126. The minimum Gasteiger partial charge on any atom is -0.350 e. The van der Waals surface area contributed by atoms with Crippen molar-refractivity contribution in [2.45, 2.75) is 38.6 Å². The molecule has 6 heteroatoms. The van der Waals surface area contributed by atoms with E-state index in [1.54, 1.807) is 23.1 Å². The molecule has 0 aliphatic carbocycles. The van der Waals surface area contributed by atoms with Gasteiger partial charge in [0.05, 0.1) is 17.3 Å². The standard InChI is InChI=1S/C24H28ClN3O2/c1-17-6-8-18(9-7-17)22(27-12-2-3-13-27)16-26-24(30)20-11-10-19(25)15-21(20)28-14-4-5-23(28)29/h6-11,15,22H,2-5,12-14,16H2,1H3,(H,26,30). The highest BCUT2D eigenvalue weighted by molar-refractivity contribution is 6.31. The van der Waals surface area contributed by atoms with E-state index < -0.39 is 0 Å². The Balaban J connectivity index is 1.54. The largest absolute Gasteiger partial charge is 0.350 e. The molecule has 2 saturated heterocycles. The number of aryl methyl sites for hydroxylation is 1. The zero-order chi connectivity index (χ0) is 21.1. The van der Waals surface area contributed by atoms with Crippen LogP contribution in [0, 0.1) is 6.92 Å². The van der Waals surface area contributed by atoms with Gasteiger partial charge in [-0.15, -0.1) is 0 Å². The minimum atomic E-state index is -0.169. The molecular formula is C24H28ClN3O2. The zero-order valence-electron chi connectivity index (χ0n) is 17.4. The van der Waals surface area contributed by atoms with Crippen LogP contribution in [0.5, 0.6) is 0 Å². The number of hydrogen-bond acceptors (Lipinski definition) is 3. The number of halogens is 1. The van der Waals surface area contributed by atoms with Gasteiger partial charge in [0, 0.05) is 24.5 Å². The third-order valence-corrected chi connectivity index (χ3v) is 6.30. The molecule has 0 radical (unpaired) electrons. The van der Waals surface area contributed by atoms with Crippen molar-refractivity contribution in [1.82, 2.24) is 10.2 Å². The summed E-state index contributed by atoms with van der Waals surface area (Å²) in [6.45, 7) is 5.32. The van der Waals surface area contributed by atoms with E-state index in [-0.39, 0.29) is 17.9 Å². The lowest BCUT2D eigenvalue weighted by molar-refractivity contribution is -0.117. The Hall–Kier alpha value is -2.37. The predicted octanol–water partition coefficient (Wildman–Crippen LogP) is 4.34. The van der Waals surface area contributed by atoms with E-state index in [2.05, 4.69) is 41.4 Å². The highest BCUT2D eigenvalue weighted by Gasteiger charge is 2.28. The van der Waals surface area contributed by atoms with Crippen molar-refractivity contribution >= 4 is 29.1 Å². The topological polar surface area (TPSA) is 52.7 Å². The zero-order valence-corrected chi connectivity index (χ0v) is 18.1. The molecule has 158 valence electrons. The number of hydrogen-bond donors (Lipinski definition) is 1. The Morgan fingerprint density at radius 2 is 1.80 bits per heavy atom. The van der Waals surface area contributed by atoms with Crippen LogP contribution in [0.3, 0.4) is 0 Å². The van der Waals surface area contributed by atoms with Crippen molar-refractivity contribution < 1.29 is 9.59 Å². The molecule has 2 aromatic carbocycles. The van der Waals surface area contributed by atoms with Crippen LogP contribution < -0.4 is 10.2 Å². The van der Waals surface area contributed by atoms with Gasteiger partial charge in [0.1, 0.15) is 0 Å². The number of carbonyl (C=O) groups is 2. The Kier molecular flexibility index (Phi) is 6.40. The van der Waals surface area contributed by atoms with Gasteiger partial charge >= 0.3 is 0 Å². The Morgan fingerprint density at radius 3 is 2.47 bits per heavy atom. The van der Waals surface area contributed by atoms with Gasteiger partial charge in [0.2, 0.25) is 5.91 Å². The average molecular weight is 426 g/mol. The molecule has 1 N–H and O–H groups in total. The Morgan fingerprint density at radius 1 is 1.07 bits per heavy atom. The number of carbonyl (C=O) groups excluding carboxylic acids is 2. The van der Waals surface area contributed by atoms with Gasteiger partial charge in [-0.1, -0.05) is 41.4 Å². The average Bonchev–Trinajstić information content (AvgIpc) is 3.41. The van der Waals surface area contributed by atoms with E-state index >= 15 is 0 Å². The molecule has 30 heavy (non-hydrogen) atoms. The molecular weight excluding hydrogens is 398 g/mol. The lowest BCUT2D eigenvalue weighted by Gasteiger charge is -2.28. The molecule has 0 aromatic heterocycles. The maximum atomic E-state index is 13.1. The maximum Gasteiger partial charge on any atom is 0.253 e. The quantitative estimate of drug-likeness (QED) is 0.748. The van der Waals surface area contributed by atoms with Crippen LogP contribution in [0.2, 0.25) is 5.02 Å². The van der Waals surface area contributed by atoms with Gasteiger partial charge in [-0.25, -0.2) is 0 Å². The number of nitrogens with zero attached hydrogens (tertiary/aromatic N) is 2. The third kappa shape index (κ3) is 4.52. The summed E-state index contributed by atoms with van der Waals surface area (Å²) in [6.07, 6.45) is 3.69. The minimum absolute atomic E-state index is 0.0425. The molecule has 0 bridgehead atoms. The highest BCUT2D eigenvalue weighted by atomic mass is 35.5. The van der Waals surface area contributed by atoms with E-state index in [0.717, 1.165) is 19.5 Å². The number of rotatable bonds is 6. The predicted molar refractivity (Wildman–Crippen MR) is 120 cm³/mol. The summed E-state index contributed by atoms with van der Waals surface area (Å²) in [6, 6.07) is 13.8. The second-order valence-corrected chi connectivity index (χ2v) is 8.63. The summed E-state index contributed by atoms with van der Waals surface area (Å²) in [7, 11) is 0. The van der Waals surface area contributed by atoms with Gasteiger partial charge in [-0.2, -0.15) is 0 Å². The van der Waals surface area contributed by atoms with Crippen LogP contribution in [0.15, 0.2) is 42.5 Å². The van der Waals surface area contributed by atoms with Crippen LogP contribution in [0.1, 0.15) is 53.2 Å². The van der Waals surface area contributed by atoms with Crippen molar-refractivity contribution in [3.63, 3.8) is 0 Å².